The van der Waals surface area contributed by atoms with Crippen molar-refractivity contribution in [2.45, 2.75) is 0 Å². The maximum atomic E-state index is 11.3. The van der Waals surface area contributed by atoms with Crippen LogP contribution >= 0.6 is 11.8 Å². The lowest BCUT2D eigenvalue weighted by Crippen LogP contribution is -2.04. The van der Waals surface area contributed by atoms with Gasteiger partial charge < -0.3 is 4.74 Å². The van der Waals surface area contributed by atoms with Gasteiger partial charge in [0.15, 0.2) is 5.70 Å². The summed E-state index contributed by atoms with van der Waals surface area (Å²) in [7, 11) is 0. The number of carbonyl (C=O) groups is 1. The summed E-state index contributed by atoms with van der Waals surface area (Å²) < 4.78 is 5.04. The Balaban J connectivity index is 2.31. The molecule has 2 rings (SSSR count). The van der Waals surface area contributed by atoms with Crippen LogP contribution in [0.4, 0.5) is 0 Å². The van der Waals surface area contributed by atoms with Crippen LogP contribution in [0.3, 0.4) is 0 Å². The standard InChI is InChI=1S/C11H9NO2S/c1-15-7-9-11(13)14-10(12-9)8-5-3-2-4-6-8/h2-7H,1H3/b9-7+. The van der Waals surface area contributed by atoms with E-state index in [1.165, 1.54) is 11.8 Å². The molecule has 1 aliphatic heterocycles. The van der Waals surface area contributed by atoms with Gasteiger partial charge in [-0.1, -0.05) is 18.2 Å². The first kappa shape index (κ1) is 9.98. The first-order valence-electron chi connectivity index (χ1n) is 4.40. The number of ether oxygens (including phenoxy) is 1. The number of rotatable bonds is 2. The Morgan fingerprint density at radius 3 is 2.73 bits per heavy atom. The number of aliphatic imine (C=N–C) groups is 1. The lowest BCUT2D eigenvalue weighted by Gasteiger charge is -1.97. The average molecular weight is 219 g/mol. The van der Waals surface area contributed by atoms with Crippen LogP contribution in [0.5, 0.6) is 0 Å². The lowest BCUT2D eigenvalue weighted by molar-refractivity contribution is -0.130. The van der Waals surface area contributed by atoms with E-state index in [1.54, 1.807) is 5.41 Å². The van der Waals surface area contributed by atoms with E-state index in [1.807, 2.05) is 36.6 Å². The Labute approximate surface area is 91.9 Å². The molecular weight excluding hydrogens is 210 g/mol. The predicted octanol–water partition coefficient (Wildman–Crippen LogP) is 2.19. The number of esters is 1. The maximum absolute atomic E-state index is 11.3. The van der Waals surface area contributed by atoms with Crippen molar-refractivity contribution in [3.8, 4) is 0 Å². The Kier molecular flexibility index (Phi) is 2.87. The summed E-state index contributed by atoms with van der Waals surface area (Å²) >= 11 is 1.43. The molecule has 1 heterocycles. The zero-order valence-corrected chi connectivity index (χ0v) is 8.95. The lowest BCUT2D eigenvalue weighted by atomic mass is 10.2. The highest BCUT2D eigenvalue weighted by Crippen LogP contribution is 2.17. The van der Waals surface area contributed by atoms with Gasteiger partial charge >= 0.3 is 5.97 Å². The smallest absolute Gasteiger partial charge is 0.364 e. The van der Waals surface area contributed by atoms with E-state index in [2.05, 4.69) is 4.99 Å². The third-order valence-corrected chi connectivity index (χ3v) is 2.33. The van der Waals surface area contributed by atoms with Crippen molar-refractivity contribution in [2.75, 3.05) is 6.26 Å². The molecule has 0 unspecified atom stereocenters. The van der Waals surface area contributed by atoms with E-state index in [4.69, 9.17) is 4.74 Å². The van der Waals surface area contributed by atoms with E-state index in [0.717, 1.165) is 5.56 Å². The molecule has 0 saturated heterocycles. The predicted molar refractivity (Wildman–Crippen MR) is 60.7 cm³/mol. The van der Waals surface area contributed by atoms with Crippen LogP contribution < -0.4 is 0 Å². The van der Waals surface area contributed by atoms with E-state index < -0.39 is 0 Å². The Morgan fingerprint density at radius 2 is 2.07 bits per heavy atom. The summed E-state index contributed by atoms with van der Waals surface area (Å²) in [5.41, 5.74) is 1.18. The zero-order chi connectivity index (χ0) is 10.7. The molecule has 4 heteroatoms. The van der Waals surface area contributed by atoms with E-state index in [9.17, 15) is 4.79 Å². The summed E-state index contributed by atoms with van der Waals surface area (Å²) in [5.74, 6) is -0.0101. The minimum atomic E-state index is -0.386. The Bertz CT molecular complexity index is 437. The SMILES string of the molecule is CS/C=C1/N=C(c2ccccc2)OC1=O. The maximum Gasteiger partial charge on any atom is 0.364 e. The number of benzene rings is 1. The first-order valence-corrected chi connectivity index (χ1v) is 5.69. The second kappa shape index (κ2) is 4.31. The van der Waals surface area contributed by atoms with Gasteiger partial charge in [-0.15, -0.1) is 11.8 Å². The quantitative estimate of drug-likeness (QED) is 0.565. The van der Waals surface area contributed by atoms with Crippen molar-refractivity contribution < 1.29 is 9.53 Å². The molecule has 0 aliphatic carbocycles. The molecule has 0 amide bonds. The molecule has 0 atom stereocenters. The molecule has 1 aromatic rings. The van der Waals surface area contributed by atoms with E-state index >= 15 is 0 Å². The highest BCUT2D eigenvalue weighted by atomic mass is 32.2. The molecular formula is C11H9NO2S. The topological polar surface area (TPSA) is 38.7 Å². The zero-order valence-electron chi connectivity index (χ0n) is 8.14. The van der Waals surface area contributed by atoms with Crippen molar-refractivity contribution in [3.05, 3.63) is 47.0 Å². The Hall–Kier alpha value is -1.55. The minimum absolute atomic E-state index is 0.362. The first-order chi connectivity index (χ1) is 7.31. The molecule has 15 heavy (non-hydrogen) atoms. The van der Waals surface area contributed by atoms with Gasteiger partial charge in [0.2, 0.25) is 5.90 Å². The summed E-state index contributed by atoms with van der Waals surface area (Å²) in [4.78, 5) is 15.4. The molecule has 1 aromatic carbocycles. The van der Waals surface area contributed by atoms with Crippen LogP contribution in [0.15, 0.2) is 46.4 Å². The van der Waals surface area contributed by atoms with Crippen LogP contribution in [0.2, 0.25) is 0 Å². The fourth-order valence-corrected chi connectivity index (χ4v) is 1.58. The van der Waals surface area contributed by atoms with Crippen LogP contribution in [0.1, 0.15) is 5.56 Å². The van der Waals surface area contributed by atoms with Gasteiger partial charge in [0, 0.05) is 11.0 Å². The highest BCUT2D eigenvalue weighted by molar-refractivity contribution is 8.01. The average Bonchev–Trinajstić information content (AvgIpc) is 2.63. The van der Waals surface area contributed by atoms with Gasteiger partial charge in [-0.25, -0.2) is 9.79 Å². The second-order valence-electron chi connectivity index (χ2n) is 2.91. The largest absolute Gasteiger partial charge is 0.402 e. The van der Waals surface area contributed by atoms with Gasteiger partial charge in [-0.05, 0) is 18.4 Å². The van der Waals surface area contributed by atoms with Gasteiger partial charge in [0.1, 0.15) is 0 Å². The van der Waals surface area contributed by atoms with Crippen molar-refractivity contribution in [1.29, 1.82) is 0 Å². The molecule has 1 aliphatic rings. The van der Waals surface area contributed by atoms with Crippen molar-refractivity contribution >= 4 is 23.6 Å². The summed E-state index contributed by atoms with van der Waals surface area (Å²) in [6, 6.07) is 9.37. The van der Waals surface area contributed by atoms with Crippen LogP contribution in [-0.2, 0) is 9.53 Å². The number of nitrogens with zero attached hydrogens (tertiary/aromatic N) is 1. The number of cyclic esters (lactones) is 1. The Morgan fingerprint density at radius 1 is 1.33 bits per heavy atom. The van der Waals surface area contributed by atoms with Gasteiger partial charge in [0.05, 0.1) is 0 Å². The monoisotopic (exact) mass is 219 g/mol. The number of thioether (sulfide) groups is 1. The van der Waals surface area contributed by atoms with Crippen LogP contribution in [0.25, 0.3) is 0 Å². The van der Waals surface area contributed by atoms with Crippen LogP contribution in [-0.4, -0.2) is 18.1 Å². The minimum Gasteiger partial charge on any atom is -0.402 e. The number of hydrogen-bond acceptors (Lipinski definition) is 4. The van der Waals surface area contributed by atoms with E-state index in [-0.39, 0.29) is 5.97 Å². The molecule has 0 radical (unpaired) electrons. The van der Waals surface area contributed by atoms with E-state index in [0.29, 0.717) is 11.6 Å². The second-order valence-corrected chi connectivity index (χ2v) is 3.62. The molecule has 0 spiro atoms. The molecule has 3 nitrogen and oxygen atoms in total. The summed E-state index contributed by atoms with van der Waals surface area (Å²) in [6.45, 7) is 0. The molecule has 0 saturated carbocycles. The van der Waals surface area contributed by atoms with Gasteiger partial charge in [-0.2, -0.15) is 0 Å². The third-order valence-electron chi connectivity index (χ3n) is 1.87. The molecule has 0 N–H and O–H groups in total. The molecule has 76 valence electrons. The third kappa shape index (κ3) is 2.10. The van der Waals surface area contributed by atoms with Crippen molar-refractivity contribution in [1.82, 2.24) is 0 Å². The summed E-state index contributed by atoms with van der Waals surface area (Å²) in [6.07, 6.45) is 1.87. The van der Waals surface area contributed by atoms with Gasteiger partial charge in [0.25, 0.3) is 0 Å². The van der Waals surface area contributed by atoms with Crippen molar-refractivity contribution in [3.63, 3.8) is 0 Å². The highest BCUT2D eigenvalue weighted by Gasteiger charge is 2.23. The van der Waals surface area contributed by atoms with Crippen molar-refractivity contribution in [2.24, 2.45) is 4.99 Å². The molecule has 0 fully saturated rings. The summed E-state index contributed by atoms with van der Waals surface area (Å²) in [5, 5.41) is 1.68. The molecule has 0 aromatic heterocycles. The number of carbonyl (C=O) groups excluding carboxylic acids is 1. The number of hydrogen-bond donors (Lipinski definition) is 0. The fraction of sp³-hybridized carbons (Fsp3) is 0.0909. The van der Waals surface area contributed by atoms with Crippen LogP contribution in [0, 0.1) is 0 Å². The molecule has 0 bridgehead atoms. The normalized spacial score (nSPS) is 17.8. The fourth-order valence-electron chi connectivity index (χ4n) is 1.21. The van der Waals surface area contributed by atoms with Gasteiger partial charge in [-0.3, -0.25) is 0 Å².